The zero-order valence-electron chi connectivity index (χ0n) is 18.1. The van der Waals surface area contributed by atoms with E-state index in [0.717, 1.165) is 28.2 Å². The molecule has 1 aromatic carbocycles. The van der Waals surface area contributed by atoms with Gasteiger partial charge in [-0.05, 0) is 38.5 Å². The molecule has 1 aliphatic rings. The highest BCUT2D eigenvalue weighted by atomic mass is 32.2. The summed E-state index contributed by atoms with van der Waals surface area (Å²) in [5.41, 5.74) is 5.65. The number of hydrogen-bond donors (Lipinski definition) is 1. The molecule has 1 N–H and O–H groups in total. The van der Waals surface area contributed by atoms with Crippen molar-refractivity contribution >= 4 is 29.0 Å². The van der Waals surface area contributed by atoms with Crippen LogP contribution >= 0.6 is 11.8 Å². The molecule has 1 atom stereocenters. The van der Waals surface area contributed by atoms with Crippen molar-refractivity contribution in [2.24, 2.45) is 0 Å². The van der Waals surface area contributed by atoms with Gasteiger partial charge in [-0.2, -0.15) is 0 Å². The molecule has 0 unspecified atom stereocenters. The van der Waals surface area contributed by atoms with Crippen LogP contribution in [0.25, 0.3) is 16.9 Å². The number of hydrogen-bond acceptors (Lipinski definition) is 5. The largest absolute Gasteiger partial charge is 0.325 e. The molecule has 5 rings (SSSR count). The minimum Gasteiger partial charge on any atom is -0.325 e. The molecule has 0 spiro atoms. The van der Waals surface area contributed by atoms with Crippen molar-refractivity contribution in [3.05, 3.63) is 76.0 Å². The van der Waals surface area contributed by atoms with E-state index in [4.69, 9.17) is 4.98 Å². The molecule has 162 valence electrons. The maximum Gasteiger partial charge on any atom is 0.257 e. The van der Waals surface area contributed by atoms with Crippen molar-refractivity contribution in [3.8, 4) is 11.3 Å². The number of carbonyl (C=O) groups is 1. The first-order chi connectivity index (χ1) is 15.4. The summed E-state index contributed by atoms with van der Waals surface area (Å²) in [7, 11) is 0. The summed E-state index contributed by atoms with van der Waals surface area (Å²) >= 11 is 1.52. The van der Waals surface area contributed by atoms with Crippen LogP contribution in [0.15, 0.2) is 58.7 Å². The Bertz CT molecular complexity index is 1420. The van der Waals surface area contributed by atoms with E-state index in [0.29, 0.717) is 22.2 Å². The minimum atomic E-state index is -0.209. The fraction of sp³-hybridized carbons (Fsp3) is 0.250. The molecule has 0 saturated heterocycles. The number of aryl methyl sites for hydroxylation is 2. The van der Waals surface area contributed by atoms with Crippen molar-refractivity contribution in [3.63, 3.8) is 0 Å². The van der Waals surface area contributed by atoms with Crippen LogP contribution in [0.5, 0.6) is 0 Å². The van der Waals surface area contributed by atoms with E-state index in [-0.39, 0.29) is 23.9 Å². The number of anilines is 1. The van der Waals surface area contributed by atoms with E-state index >= 15 is 0 Å². The van der Waals surface area contributed by atoms with Gasteiger partial charge in [0, 0.05) is 41.4 Å². The Kier molecular flexibility index (Phi) is 5.09. The Morgan fingerprint density at radius 2 is 1.97 bits per heavy atom. The van der Waals surface area contributed by atoms with Crippen molar-refractivity contribution in [1.82, 2.24) is 18.9 Å². The summed E-state index contributed by atoms with van der Waals surface area (Å²) in [6.07, 6.45) is 4.14. The van der Waals surface area contributed by atoms with E-state index in [1.54, 1.807) is 11.5 Å². The molecular formula is C24H23N5O2S. The van der Waals surface area contributed by atoms with Gasteiger partial charge in [-0.25, -0.2) is 9.97 Å². The van der Waals surface area contributed by atoms with E-state index in [1.165, 1.54) is 11.8 Å². The standard InChI is InChI=1S/C24H23N5O2S/c1-14-7-6-10-28-12-20(27-22(14)28)18-8-4-5-9-19(18)26-21(30)11-17-13-32-24-25-16(3)15(2)23(31)29(17)24/h4-10,12,17H,11,13H2,1-3H3,(H,26,30)/t17-/m0/s1. The van der Waals surface area contributed by atoms with Gasteiger partial charge >= 0.3 is 0 Å². The average Bonchev–Trinajstić information content (AvgIpc) is 3.37. The number of amides is 1. The maximum absolute atomic E-state index is 13.0. The Hall–Kier alpha value is -3.39. The van der Waals surface area contributed by atoms with Crippen LogP contribution in [-0.4, -0.2) is 30.6 Å². The van der Waals surface area contributed by atoms with E-state index in [2.05, 4.69) is 10.3 Å². The van der Waals surface area contributed by atoms with Gasteiger partial charge in [0.2, 0.25) is 5.91 Å². The molecule has 32 heavy (non-hydrogen) atoms. The summed E-state index contributed by atoms with van der Waals surface area (Å²) in [5.74, 6) is 0.521. The van der Waals surface area contributed by atoms with E-state index < -0.39 is 0 Å². The second-order valence-electron chi connectivity index (χ2n) is 8.09. The van der Waals surface area contributed by atoms with Crippen LogP contribution in [0.2, 0.25) is 0 Å². The number of nitrogens with one attached hydrogen (secondary N) is 1. The first-order valence-electron chi connectivity index (χ1n) is 10.5. The quantitative estimate of drug-likeness (QED) is 0.477. The monoisotopic (exact) mass is 445 g/mol. The molecule has 0 radical (unpaired) electrons. The van der Waals surface area contributed by atoms with Crippen LogP contribution in [0, 0.1) is 20.8 Å². The highest BCUT2D eigenvalue weighted by molar-refractivity contribution is 7.99. The lowest BCUT2D eigenvalue weighted by atomic mass is 10.1. The number of para-hydroxylation sites is 1. The van der Waals surface area contributed by atoms with Gasteiger partial charge in [0.25, 0.3) is 5.56 Å². The second kappa shape index (κ2) is 7.94. The van der Waals surface area contributed by atoms with Crippen LogP contribution in [0.1, 0.15) is 29.3 Å². The number of pyridine rings is 1. The number of rotatable bonds is 4. The molecule has 0 saturated carbocycles. The second-order valence-corrected chi connectivity index (χ2v) is 9.08. The SMILES string of the molecule is Cc1nc2n(c(=O)c1C)[C@@H](CC(=O)Nc1ccccc1-c1cn3cccc(C)c3n1)CS2. The van der Waals surface area contributed by atoms with Gasteiger partial charge in [0.1, 0.15) is 5.65 Å². The number of aromatic nitrogens is 4. The molecule has 3 aromatic heterocycles. The molecule has 8 heteroatoms. The maximum atomic E-state index is 13.0. The molecule has 1 aliphatic heterocycles. The predicted octanol–water partition coefficient (Wildman–Crippen LogP) is 4.16. The summed E-state index contributed by atoms with van der Waals surface area (Å²) in [5, 5.41) is 3.73. The van der Waals surface area contributed by atoms with Crippen molar-refractivity contribution in [2.75, 3.05) is 11.1 Å². The van der Waals surface area contributed by atoms with E-state index in [9.17, 15) is 9.59 Å². The smallest absolute Gasteiger partial charge is 0.257 e. The molecule has 0 aliphatic carbocycles. The van der Waals surface area contributed by atoms with E-state index in [1.807, 2.05) is 67.0 Å². The minimum absolute atomic E-state index is 0.0595. The zero-order valence-corrected chi connectivity index (χ0v) is 18.9. The fourth-order valence-corrected chi connectivity index (χ4v) is 5.22. The molecule has 0 bridgehead atoms. The number of thioether (sulfide) groups is 1. The first kappa shape index (κ1) is 20.5. The third-order valence-corrected chi connectivity index (χ3v) is 7.00. The first-order valence-corrected chi connectivity index (χ1v) is 11.5. The topological polar surface area (TPSA) is 81.3 Å². The summed E-state index contributed by atoms with van der Waals surface area (Å²) in [4.78, 5) is 35.0. The van der Waals surface area contributed by atoms with Crippen molar-refractivity contribution < 1.29 is 4.79 Å². The molecule has 0 fully saturated rings. The number of benzene rings is 1. The lowest BCUT2D eigenvalue weighted by Gasteiger charge is -2.15. The summed E-state index contributed by atoms with van der Waals surface area (Å²) in [6.45, 7) is 5.65. The van der Waals surface area contributed by atoms with Crippen LogP contribution in [0.4, 0.5) is 5.69 Å². The lowest BCUT2D eigenvalue weighted by molar-refractivity contribution is -0.116. The predicted molar refractivity (Wildman–Crippen MR) is 126 cm³/mol. The Balaban J connectivity index is 1.41. The average molecular weight is 446 g/mol. The zero-order chi connectivity index (χ0) is 22.4. The highest BCUT2D eigenvalue weighted by Crippen LogP contribution is 2.33. The Labute approximate surface area is 189 Å². The fourth-order valence-electron chi connectivity index (χ4n) is 4.04. The van der Waals surface area contributed by atoms with Gasteiger partial charge in [-0.3, -0.25) is 14.2 Å². The van der Waals surface area contributed by atoms with Gasteiger partial charge < -0.3 is 9.72 Å². The van der Waals surface area contributed by atoms with Gasteiger partial charge in [0.15, 0.2) is 5.16 Å². The number of fused-ring (bicyclic) bond motifs is 2. The van der Waals surface area contributed by atoms with Gasteiger partial charge in [-0.15, -0.1) is 0 Å². The highest BCUT2D eigenvalue weighted by Gasteiger charge is 2.28. The van der Waals surface area contributed by atoms with Crippen LogP contribution in [-0.2, 0) is 4.79 Å². The number of imidazole rings is 1. The van der Waals surface area contributed by atoms with Crippen molar-refractivity contribution in [2.45, 2.75) is 38.4 Å². The summed E-state index contributed by atoms with van der Waals surface area (Å²) in [6, 6.07) is 11.5. The third-order valence-electron chi connectivity index (χ3n) is 5.90. The van der Waals surface area contributed by atoms with Gasteiger partial charge in [0.05, 0.1) is 17.4 Å². The van der Waals surface area contributed by atoms with Crippen LogP contribution in [0.3, 0.4) is 0 Å². The molecule has 1 amide bonds. The Morgan fingerprint density at radius 1 is 1.16 bits per heavy atom. The van der Waals surface area contributed by atoms with Crippen LogP contribution < -0.4 is 10.9 Å². The van der Waals surface area contributed by atoms with Gasteiger partial charge in [-0.1, -0.05) is 36.0 Å². The summed E-state index contributed by atoms with van der Waals surface area (Å²) < 4.78 is 3.66. The Morgan fingerprint density at radius 3 is 2.78 bits per heavy atom. The molecular weight excluding hydrogens is 422 g/mol. The van der Waals surface area contributed by atoms with Crippen molar-refractivity contribution in [1.29, 1.82) is 0 Å². The third kappa shape index (κ3) is 3.50. The number of nitrogens with zero attached hydrogens (tertiary/aromatic N) is 4. The normalized spacial score (nSPS) is 15.2. The molecule has 4 aromatic rings. The lowest BCUT2D eigenvalue weighted by Crippen LogP contribution is -2.29. The molecule has 4 heterocycles. The molecule has 7 nitrogen and oxygen atoms in total. The number of carbonyl (C=O) groups excluding carboxylic acids is 1.